The van der Waals surface area contributed by atoms with Crippen LogP contribution in [0.15, 0.2) is 45.9 Å². The van der Waals surface area contributed by atoms with Crippen LogP contribution in [0.25, 0.3) is 10.2 Å². The molecule has 3 nitrogen and oxygen atoms in total. The SMILES string of the molecule is Clc1nc(Sc2ccncc2)c2ccsc2n1. The molecule has 17 heavy (non-hydrogen) atoms. The van der Waals surface area contributed by atoms with Crippen LogP contribution in [0.5, 0.6) is 0 Å². The van der Waals surface area contributed by atoms with Gasteiger partial charge in [0.2, 0.25) is 5.28 Å². The third kappa shape index (κ3) is 2.26. The van der Waals surface area contributed by atoms with Crippen LogP contribution in [0.1, 0.15) is 0 Å². The number of fused-ring (bicyclic) bond motifs is 1. The molecule has 3 heterocycles. The van der Waals surface area contributed by atoms with Gasteiger partial charge >= 0.3 is 0 Å². The first-order valence-electron chi connectivity index (χ1n) is 4.81. The van der Waals surface area contributed by atoms with Gasteiger partial charge in [-0.3, -0.25) is 4.98 Å². The van der Waals surface area contributed by atoms with Crippen molar-refractivity contribution in [3.8, 4) is 0 Å². The average molecular weight is 280 g/mol. The lowest BCUT2D eigenvalue weighted by Gasteiger charge is -2.02. The molecule has 0 atom stereocenters. The third-order valence-corrected chi connectivity index (χ3v) is 4.12. The maximum absolute atomic E-state index is 5.91. The molecule has 0 radical (unpaired) electrons. The van der Waals surface area contributed by atoms with Gasteiger partial charge < -0.3 is 0 Å². The van der Waals surface area contributed by atoms with Crippen LogP contribution in [-0.2, 0) is 0 Å². The minimum absolute atomic E-state index is 0.288. The van der Waals surface area contributed by atoms with Gasteiger partial charge in [0, 0.05) is 22.7 Å². The van der Waals surface area contributed by atoms with E-state index < -0.39 is 0 Å². The Morgan fingerprint density at radius 2 is 1.94 bits per heavy atom. The summed E-state index contributed by atoms with van der Waals surface area (Å²) in [7, 11) is 0. The smallest absolute Gasteiger partial charge is 0.224 e. The summed E-state index contributed by atoms with van der Waals surface area (Å²) in [6.07, 6.45) is 3.52. The van der Waals surface area contributed by atoms with Crippen molar-refractivity contribution in [2.45, 2.75) is 9.92 Å². The lowest BCUT2D eigenvalue weighted by Crippen LogP contribution is -1.86. The number of pyridine rings is 1. The first kappa shape index (κ1) is 11.0. The first-order valence-corrected chi connectivity index (χ1v) is 6.89. The van der Waals surface area contributed by atoms with Crippen molar-refractivity contribution in [3.05, 3.63) is 41.3 Å². The van der Waals surface area contributed by atoms with Crippen molar-refractivity contribution in [2.75, 3.05) is 0 Å². The molecule has 0 saturated carbocycles. The highest BCUT2D eigenvalue weighted by molar-refractivity contribution is 7.99. The Morgan fingerprint density at radius 3 is 2.76 bits per heavy atom. The van der Waals surface area contributed by atoms with Gasteiger partial charge in [-0.2, -0.15) is 0 Å². The van der Waals surface area contributed by atoms with Crippen LogP contribution in [0.2, 0.25) is 5.28 Å². The maximum Gasteiger partial charge on any atom is 0.224 e. The van der Waals surface area contributed by atoms with Crippen LogP contribution < -0.4 is 0 Å². The summed E-state index contributed by atoms with van der Waals surface area (Å²) in [5.74, 6) is 0. The van der Waals surface area contributed by atoms with Crippen LogP contribution in [0.3, 0.4) is 0 Å². The Kier molecular flexibility index (Phi) is 2.96. The maximum atomic E-state index is 5.91. The quantitative estimate of drug-likeness (QED) is 0.527. The van der Waals surface area contributed by atoms with E-state index in [2.05, 4.69) is 15.0 Å². The Balaban J connectivity index is 2.08. The summed E-state index contributed by atoms with van der Waals surface area (Å²) in [5.41, 5.74) is 0. The highest BCUT2D eigenvalue weighted by Crippen LogP contribution is 2.33. The predicted octanol–water partition coefficient (Wildman–Crippen LogP) is 3.89. The lowest BCUT2D eigenvalue weighted by molar-refractivity contribution is 1.11. The number of halogens is 1. The van der Waals surface area contributed by atoms with E-state index in [1.54, 1.807) is 35.5 Å². The van der Waals surface area contributed by atoms with Crippen LogP contribution in [0, 0.1) is 0 Å². The van der Waals surface area contributed by atoms with Crippen LogP contribution in [-0.4, -0.2) is 15.0 Å². The van der Waals surface area contributed by atoms with Crippen molar-refractivity contribution >= 4 is 44.9 Å². The van der Waals surface area contributed by atoms with Gasteiger partial charge in [0.1, 0.15) is 9.86 Å². The molecule has 0 amide bonds. The normalized spacial score (nSPS) is 10.9. The largest absolute Gasteiger partial charge is 0.265 e. The predicted molar refractivity (Wildman–Crippen MR) is 70.8 cm³/mol. The summed E-state index contributed by atoms with van der Waals surface area (Å²) < 4.78 is 0. The van der Waals surface area contributed by atoms with Gasteiger partial charge in [-0.05, 0) is 35.2 Å². The number of thiophene rings is 1. The molecule has 0 spiro atoms. The Hall–Kier alpha value is -1.17. The van der Waals surface area contributed by atoms with Crippen molar-refractivity contribution in [2.24, 2.45) is 0 Å². The zero-order valence-electron chi connectivity index (χ0n) is 8.50. The summed E-state index contributed by atoms with van der Waals surface area (Å²) >= 11 is 9.04. The zero-order chi connectivity index (χ0) is 11.7. The molecular formula is C11H6ClN3S2. The summed E-state index contributed by atoms with van der Waals surface area (Å²) in [4.78, 5) is 14.4. The third-order valence-electron chi connectivity index (χ3n) is 2.13. The fraction of sp³-hybridized carbons (Fsp3) is 0. The molecule has 0 aromatic carbocycles. The summed E-state index contributed by atoms with van der Waals surface area (Å²) in [6, 6.07) is 5.90. The molecule has 0 aliphatic heterocycles. The van der Waals surface area contributed by atoms with Gasteiger partial charge in [-0.15, -0.1) is 11.3 Å². The van der Waals surface area contributed by atoms with Gasteiger partial charge in [0.05, 0.1) is 0 Å². The van der Waals surface area contributed by atoms with E-state index in [9.17, 15) is 0 Å². The Bertz CT molecular complexity index is 654. The number of hydrogen-bond donors (Lipinski definition) is 0. The highest BCUT2D eigenvalue weighted by Gasteiger charge is 2.09. The monoisotopic (exact) mass is 279 g/mol. The molecule has 3 aromatic rings. The van der Waals surface area contributed by atoms with Crippen molar-refractivity contribution in [3.63, 3.8) is 0 Å². The molecule has 0 aliphatic carbocycles. The van der Waals surface area contributed by atoms with Gasteiger partial charge in [0.15, 0.2) is 0 Å². The first-order chi connectivity index (χ1) is 8.33. The molecule has 0 fully saturated rings. The molecule has 0 bridgehead atoms. The summed E-state index contributed by atoms with van der Waals surface area (Å²) in [6.45, 7) is 0. The van der Waals surface area contributed by atoms with E-state index in [4.69, 9.17) is 11.6 Å². The van der Waals surface area contributed by atoms with E-state index >= 15 is 0 Å². The molecule has 0 unspecified atom stereocenters. The fourth-order valence-corrected chi connectivity index (χ4v) is 3.38. The second-order valence-corrected chi connectivity index (χ2v) is 5.52. The number of rotatable bonds is 2. The van der Waals surface area contributed by atoms with E-state index in [0.29, 0.717) is 0 Å². The molecular weight excluding hydrogens is 274 g/mol. The topological polar surface area (TPSA) is 38.7 Å². The van der Waals surface area contributed by atoms with E-state index in [0.717, 1.165) is 20.1 Å². The molecule has 0 N–H and O–H groups in total. The van der Waals surface area contributed by atoms with Crippen LogP contribution >= 0.6 is 34.7 Å². The van der Waals surface area contributed by atoms with Crippen molar-refractivity contribution in [1.29, 1.82) is 0 Å². The second-order valence-electron chi connectivity index (χ2n) is 3.22. The zero-order valence-corrected chi connectivity index (χ0v) is 10.9. The Morgan fingerprint density at radius 1 is 1.12 bits per heavy atom. The number of hydrogen-bond acceptors (Lipinski definition) is 5. The van der Waals surface area contributed by atoms with E-state index in [1.165, 1.54) is 0 Å². The standard InChI is InChI=1S/C11H6ClN3S2/c12-11-14-9-8(3-6-16-9)10(15-11)17-7-1-4-13-5-2-7/h1-6H. The molecule has 84 valence electrons. The molecule has 6 heteroatoms. The molecule has 3 aromatic heterocycles. The van der Waals surface area contributed by atoms with Crippen molar-refractivity contribution < 1.29 is 0 Å². The van der Waals surface area contributed by atoms with Gasteiger partial charge in [-0.1, -0.05) is 11.8 Å². The lowest BCUT2D eigenvalue weighted by atomic mass is 10.4. The Labute approximate surface area is 111 Å². The van der Waals surface area contributed by atoms with Gasteiger partial charge in [-0.25, -0.2) is 9.97 Å². The average Bonchev–Trinajstić information content (AvgIpc) is 2.78. The highest BCUT2D eigenvalue weighted by atomic mass is 35.5. The molecule has 0 saturated heterocycles. The van der Waals surface area contributed by atoms with E-state index in [-0.39, 0.29) is 5.28 Å². The molecule has 3 rings (SSSR count). The summed E-state index contributed by atoms with van der Waals surface area (Å²) in [5, 5.41) is 4.21. The minimum Gasteiger partial charge on any atom is -0.265 e. The fourth-order valence-electron chi connectivity index (χ4n) is 1.40. The van der Waals surface area contributed by atoms with E-state index in [1.807, 2.05) is 23.6 Å². The van der Waals surface area contributed by atoms with Crippen molar-refractivity contribution in [1.82, 2.24) is 15.0 Å². The number of aromatic nitrogens is 3. The number of nitrogens with zero attached hydrogens (tertiary/aromatic N) is 3. The van der Waals surface area contributed by atoms with Crippen LogP contribution in [0.4, 0.5) is 0 Å². The molecule has 0 aliphatic rings. The minimum atomic E-state index is 0.288. The van der Waals surface area contributed by atoms with Gasteiger partial charge in [0.25, 0.3) is 0 Å². The second kappa shape index (κ2) is 4.60.